The molecular formula is C11H20F3NO. The van der Waals surface area contributed by atoms with Gasteiger partial charge in [0.15, 0.2) is 0 Å². The monoisotopic (exact) mass is 239 g/mol. The average Bonchev–Trinajstić information content (AvgIpc) is 2.56. The molecule has 1 unspecified atom stereocenters. The van der Waals surface area contributed by atoms with Gasteiger partial charge in [-0.3, -0.25) is 4.90 Å². The fourth-order valence-electron chi connectivity index (χ4n) is 2.26. The van der Waals surface area contributed by atoms with Crippen molar-refractivity contribution < 1.29 is 17.9 Å². The predicted octanol–water partition coefficient (Wildman–Crippen LogP) is 2.83. The molecule has 2 nitrogen and oxygen atoms in total. The number of hydrogen-bond acceptors (Lipinski definition) is 2. The van der Waals surface area contributed by atoms with Crippen molar-refractivity contribution >= 4 is 0 Å². The summed E-state index contributed by atoms with van der Waals surface area (Å²) in [5.74, 6) is 0. The van der Waals surface area contributed by atoms with E-state index in [0.717, 1.165) is 6.42 Å². The number of ether oxygens (including phenoxy) is 1. The predicted molar refractivity (Wildman–Crippen MR) is 56.3 cm³/mol. The molecule has 0 aromatic rings. The van der Waals surface area contributed by atoms with Gasteiger partial charge in [0.1, 0.15) is 6.61 Å². The molecule has 1 saturated heterocycles. The van der Waals surface area contributed by atoms with Gasteiger partial charge in [-0.1, -0.05) is 6.92 Å². The van der Waals surface area contributed by atoms with Gasteiger partial charge in [0.2, 0.25) is 0 Å². The largest absolute Gasteiger partial charge is 0.411 e. The van der Waals surface area contributed by atoms with Gasteiger partial charge in [0, 0.05) is 18.6 Å². The van der Waals surface area contributed by atoms with E-state index in [9.17, 15) is 13.2 Å². The van der Waals surface area contributed by atoms with Gasteiger partial charge in [-0.2, -0.15) is 13.2 Å². The summed E-state index contributed by atoms with van der Waals surface area (Å²) in [6, 6.07) is 0.725. The molecular weight excluding hydrogens is 219 g/mol. The van der Waals surface area contributed by atoms with E-state index in [4.69, 9.17) is 4.74 Å². The van der Waals surface area contributed by atoms with Crippen molar-refractivity contribution in [2.75, 3.05) is 13.2 Å². The lowest BCUT2D eigenvalue weighted by molar-refractivity contribution is -0.184. The van der Waals surface area contributed by atoms with Crippen LogP contribution in [0.5, 0.6) is 0 Å². The zero-order valence-corrected chi connectivity index (χ0v) is 10.0. The topological polar surface area (TPSA) is 12.5 Å². The molecule has 0 aromatic carbocycles. The maximum atomic E-state index is 12.0. The molecule has 0 aromatic heterocycles. The molecule has 2 atom stereocenters. The van der Waals surface area contributed by atoms with E-state index in [-0.39, 0.29) is 6.10 Å². The van der Waals surface area contributed by atoms with Crippen molar-refractivity contribution in [3.63, 3.8) is 0 Å². The molecule has 0 aliphatic carbocycles. The van der Waals surface area contributed by atoms with Crippen molar-refractivity contribution in [2.45, 2.75) is 58.0 Å². The first kappa shape index (κ1) is 13.8. The molecule has 96 valence electrons. The second-order valence-corrected chi connectivity index (χ2v) is 4.64. The van der Waals surface area contributed by atoms with Crippen molar-refractivity contribution in [2.24, 2.45) is 0 Å². The zero-order valence-electron chi connectivity index (χ0n) is 10.0. The van der Waals surface area contributed by atoms with Crippen molar-refractivity contribution in [3.8, 4) is 0 Å². The quantitative estimate of drug-likeness (QED) is 0.748. The molecule has 1 aliphatic heterocycles. The Morgan fingerprint density at radius 3 is 2.38 bits per heavy atom. The maximum absolute atomic E-state index is 12.0. The van der Waals surface area contributed by atoms with Crippen LogP contribution in [0.15, 0.2) is 0 Å². The molecule has 1 fully saturated rings. The SMILES string of the molecule is CC[C@@H]1CC(OCC(F)(F)F)CN1C(C)C. The number of rotatable bonds is 4. The lowest BCUT2D eigenvalue weighted by atomic mass is 10.1. The number of halogens is 3. The summed E-state index contributed by atoms with van der Waals surface area (Å²) >= 11 is 0. The molecule has 0 saturated carbocycles. The third-order valence-electron chi connectivity index (χ3n) is 3.04. The minimum absolute atomic E-state index is 0.269. The Kier molecular flexibility index (Phi) is 4.62. The summed E-state index contributed by atoms with van der Waals surface area (Å²) < 4.78 is 40.9. The van der Waals surface area contributed by atoms with Crippen molar-refractivity contribution in [1.82, 2.24) is 4.90 Å². The highest BCUT2D eigenvalue weighted by Crippen LogP contribution is 2.26. The molecule has 16 heavy (non-hydrogen) atoms. The van der Waals surface area contributed by atoms with E-state index in [1.54, 1.807) is 0 Å². The number of hydrogen-bond donors (Lipinski definition) is 0. The third kappa shape index (κ3) is 3.94. The number of nitrogens with zero attached hydrogens (tertiary/aromatic N) is 1. The number of alkyl halides is 3. The van der Waals surface area contributed by atoms with Gasteiger partial charge in [-0.15, -0.1) is 0 Å². The zero-order chi connectivity index (χ0) is 12.3. The molecule has 0 radical (unpaired) electrons. The highest BCUT2D eigenvalue weighted by Gasteiger charge is 2.36. The highest BCUT2D eigenvalue weighted by atomic mass is 19.4. The highest BCUT2D eigenvalue weighted by molar-refractivity contribution is 4.87. The Labute approximate surface area is 94.8 Å². The van der Waals surface area contributed by atoms with Crippen LogP contribution in [0.1, 0.15) is 33.6 Å². The summed E-state index contributed by atoms with van der Waals surface area (Å²) in [5.41, 5.74) is 0. The first-order valence-corrected chi connectivity index (χ1v) is 5.77. The van der Waals surface area contributed by atoms with Crippen LogP contribution >= 0.6 is 0 Å². The van der Waals surface area contributed by atoms with E-state index in [0.29, 0.717) is 25.0 Å². The molecule has 1 heterocycles. The van der Waals surface area contributed by atoms with Crippen LogP contribution in [0.3, 0.4) is 0 Å². The first-order chi connectivity index (χ1) is 7.33. The minimum Gasteiger partial charge on any atom is -0.367 e. The van der Waals surface area contributed by atoms with Crippen molar-refractivity contribution in [3.05, 3.63) is 0 Å². The molecule has 5 heteroatoms. The lowest BCUT2D eigenvalue weighted by Gasteiger charge is -2.26. The van der Waals surface area contributed by atoms with Crippen molar-refractivity contribution in [1.29, 1.82) is 0 Å². The van der Waals surface area contributed by atoms with Gasteiger partial charge in [-0.25, -0.2) is 0 Å². The Balaban J connectivity index is 2.42. The van der Waals surface area contributed by atoms with Crippen LogP contribution in [-0.2, 0) is 4.74 Å². The third-order valence-corrected chi connectivity index (χ3v) is 3.04. The second-order valence-electron chi connectivity index (χ2n) is 4.64. The standard InChI is InChI=1S/C11H20F3NO/c1-4-9-5-10(6-15(9)8(2)3)16-7-11(12,13)14/h8-10H,4-7H2,1-3H3/t9-,10?/m1/s1. The maximum Gasteiger partial charge on any atom is 0.411 e. The first-order valence-electron chi connectivity index (χ1n) is 5.77. The summed E-state index contributed by atoms with van der Waals surface area (Å²) in [4.78, 5) is 2.22. The van der Waals surface area contributed by atoms with Crippen LogP contribution in [0.2, 0.25) is 0 Å². The molecule has 0 amide bonds. The average molecular weight is 239 g/mol. The second kappa shape index (κ2) is 5.36. The van der Waals surface area contributed by atoms with Crippen LogP contribution in [0, 0.1) is 0 Å². The van der Waals surface area contributed by atoms with Gasteiger partial charge < -0.3 is 4.74 Å². The van der Waals surface area contributed by atoms with Gasteiger partial charge in [0.05, 0.1) is 6.10 Å². The van der Waals surface area contributed by atoms with E-state index in [1.165, 1.54) is 0 Å². The lowest BCUT2D eigenvalue weighted by Crippen LogP contribution is -2.35. The van der Waals surface area contributed by atoms with Crippen LogP contribution < -0.4 is 0 Å². The van der Waals surface area contributed by atoms with Crippen LogP contribution in [-0.4, -0.2) is 42.4 Å². The molecule has 0 N–H and O–H groups in total. The normalized spacial score (nSPS) is 27.9. The van der Waals surface area contributed by atoms with E-state index in [1.807, 2.05) is 0 Å². The smallest absolute Gasteiger partial charge is 0.367 e. The summed E-state index contributed by atoms with van der Waals surface area (Å²) in [6.07, 6.45) is -2.81. The van der Waals surface area contributed by atoms with Crippen LogP contribution in [0.25, 0.3) is 0 Å². The van der Waals surface area contributed by atoms with Gasteiger partial charge in [-0.05, 0) is 26.7 Å². The molecule has 1 aliphatic rings. The Morgan fingerprint density at radius 2 is 2.00 bits per heavy atom. The minimum atomic E-state index is -4.22. The van der Waals surface area contributed by atoms with E-state index in [2.05, 4.69) is 25.7 Å². The Hall–Kier alpha value is -0.290. The summed E-state index contributed by atoms with van der Waals surface area (Å²) in [5, 5.41) is 0. The van der Waals surface area contributed by atoms with Gasteiger partial charge in [0.25, 0.3) is 0 Å². The fourth-order valence-corrected chi connectivity index (χ4v) is 2.26. The molecule has 0 spiro atoms. The van der Waals surface area contributed by atoms with E-state index >= 15 is 0 Å². The fraction of sp³-hybridized carbons (Fsp3) is 1.00. The Morgan fingerprint density at radius 1 is 1.38 bits per heavy atom. The van der Waals surface area contributed by atoms with Crippen LogP contribution in [0.4, 0.5) is 13.2 Å². The summed E-state index contributed by atoms with van der Waals surface area (Å²) in [7, 11) is 0. The number of likely N-dealkylation sites (tertiary alicyclic amines) is 1. The summed E-state index contributed by atoms with van der Waals surface area (Å²) in [6.45, 7) is 5.68. The van der Waals surface area contributed by atoms with E-state index < -0.39 is 12.8 Å². The molecule has 1 rings (SSSR count). The molecule has 0 bridgehead atoms. The van der Waals surface area contributed by atoms with Gasteiger partial charge >= 0.3 is 6.18 Å². The Bertz CT molecular complexity index is 218.